The van der Waals surface area contributed by atoms with Gasteiger partial charge in [-0.2, -0.15) is 0 Å². The van der Waals surface area contributed by atoms with Crippen molar-refractivity contribution < 1.29 is 19.0 Å². The summed E-state index contributed by atoms with van der Waals surface area (Å²) in [4.78, 5) is 11.8. The lowest BCUT2D eigenvalue weighted by Gasteiger charge is -2.12. The normalized spacial score (nSPS) is 15.0. The molecule has 1 aromatic carbocycles. The maximum Gasteiger partial charge on any atom is 0.306 e. The van der Waals surface area contributed by atoms with Crippen LogP contribution in [0.15, 0.2) is 18.2 Å². The van der Waals surface area contributed by atoms with Crippen molar-refractivity contribution in [2.75, 3.05) is 14.2 Å². The van der Waals surface area contributed by atoms with Gasteiger partial charge in [-0.3, -0.25) is 4.79 Å². The van der Waals surface area contributed by atoms with Crippen molar-refractivity contribution in [1.29, 1.82) is 0 Å². The fraction of sp³-hybridized carbons (Fsp3) is 0.588. The predicted octanol–water partition coefficient (Wildman–Crippen LogP) is 3.72. The molecule has 21 heavy (non-hydrogen) atoms. The monoisotopic (exact) mass is 292 g/mol. The lowest BCUT2D eigenvalue weighted by molar-refractivity contribution is -0.145. The third-order valence-electron chi connectivity index (χ3n) is 4.11. The van der Waals surface area contributed by atoms with Crippen LogP contribution in [0.25, 0.3) is 0 Å². The average molecular weight is 292 g/mol. The van der Waals surface area contributed by atoms with Crippen LogP contribution >= 0.6 is 0 Å². The summed E-state index contributed by atoms with van der Waals surface area (Å²) in [6, 6.07) is 5.48. The number of esters is 1. The van der Waals surface area contributed by atoms with Crippen LogP contribution in [0.1, 0.15) is 44.1 Å². The second-order valence-corrected chi connectivity index (χ2v) is 5.53. The lowest BCUT2D eigenvalue weighted by Crippen LogP contribution is -2.07. The van der Waals surface area contributed by atoms with Gasteiger partial charge in [-0.25, -0.2) is 0 Å². The van der Waals surface area contributed by atoms with E-state index in [1.165, 1.54) is 25.7 Å². The molecule has 4 heteroatoms. The van der Waals surface area contributed by atoms with E-state index < -0.39 is 0 Å². The van der Waals surface area contributed by atoms with Crippen LogP contribution in [0.4, 0.5) is 0 Å². The van der Waals surface area contributed by atoms with E-state index in [-0.39, 0.29) is 12.6 Å². The summed E-state index contributed by atoms with van der Waals surface area (Å²) in [5.41, 5.74) is 0.825. The highest BCUT2D eigenvalue weighted by Gasteiger charge is 2.17. The third kappa shape index (κ3) is 4.66. The highest BCUT2D eigenvalue weighted by molar-refractivity contribution is 5.69. The van der Waals surface area contributed by atoms with Crippen LogP contribution in [0.2, 0.25) is 0 Å². The fourth-order valence-electron chi connectivity index (χ4n) is 2.85. The van der Waals surface area contributed by atoms with Gasteiger partial charge < -0.3 is 14.2 Å². The van der Waals surface area contributed by atoms with E-state index >= 15 is 0 Å². The van der Waals surface area contributed by atoms with Crippen LogP contribution in [-0.2, 0) is 16.1 Å². The summed E-state index contributed by atoms with van der Waals surface area (Å²) in [7, 11) is 3.21. The molecule has 0 spiro atoms. The van der Waals surface area contributed by atoms with Crippen molar-refractivity contribution >= 4 is 5.97 Å². The summed E-state index contributed by atoms with van der Waals surface area (Å²) >= 11 is 0. The van der Waals surface area contributed by atoms with Crippen LogP contribution in [0.3, 0.4) is 0 Å². The van der Waals surface area contributed by atoms with Gasteiger partial charge in [-0.05, 0) is 30.5 Å². The molecule has 1 saturated carbocycles. The number of carbonyl (C=O) groups excluding carboxylic acids is 1. The van der Waals surface area contributed by atoms with Crippen molar-refractivity contribution in [2.45, 2.75) is 45.1 Å². The van der Waals surface area contributed by atoms with Crippen LogP contribution in [0, 0.1) is 5.92 Å². The molecule has 4 nitrogen and oxygen atoms in total. The molecule has 0 N–H and O–H groups in total. The van der Waals surface area contributed by atoms with Crippen molar-refractivity contribution in [3.05, 3.63) is 23.8 Å². The lowest BCUT2D eigenvalue weighted by atomic mass is 10.0. The quantitative estimate of drug-likeness (QED) is 0.719. The first-order valence-corrected chi connectivity index (χ1v) is 7.59. The predicted molar refractivity (Wildman–Crippen MR) is 80.5 cm³/mol. The van der Waals surface area contributed by atoms with Gasteiger partial charge in [0.1, 0.15) is 18.1 Å². The number of hydrogen-bond acceptors (Lipinski definition) is 4. The van der Waals surface area contributed by atoms with E-state index in [0.717, 1.165) is 17.7 Å². The van der Waals surface area contributed by atoms with Gasteiger partial charge in [-0.15, -0.1) is 0 Å². The number of methoxy groups -OCH3 is 2. The number of ether oxygens (including phenoxy) is 3. The highest BCUT2D eigenvalue weighted by Crippen LogP contribution is 2.29. The molecule has 1 fully saturated rings. The molecule has 0 aromatic heterocycles. The van der Waals surface area contributed by atoms with E-state index in [0.29, 0.717) is 18.1 Å². The van der Waals surface area contributed by atoms with E-state index in [1.54, 1.807) is 14.2 Å². The molecule has 0 heterocycles. The third-order valence-corrected chi connectivity index (χ3v) is 4.11. The first kappa shape index (κ1) is 15.7. The van der Waals surface area contributed by atoms with Gasteiger partial charge in [0.2, 0.25) is 0 Å². The molecule has 0 aliphatic heterocycles. The summed E-state index contributed by atoms with van der Waals surface area (Å²) in [5.74, 6) is 2.02. The Bertz CT molecular complexity index is 464. The minimum atomic E-state index is -0.133. The summed E-state index contributed by atoms with van der Waals surface area (Å²) < 4.78 is 15.8. The smallest absolute Gasteiger partial charge is 0.306 e. The summed E-state index contributed by atoms with van der Waals surface area (Å²) in [5, 5.41) is 0. The average Bonchev–Trinajstić information content (AvgIpc) is 3.04. The number of rotatable bonds is 7. The SMILES string of the molecule is COc1ccc(OC)c(COC(=O)CCC2CCCC2)c1. The standard InChI is InChI=1S/C17H24O4/c1-19-15-8-9-16(20-2)14(11-15)12-21-17(18)10-7-13-5-3-4-6-13/h8-9,11,13H,3-7,10,12H2,1-2H3. The molecular weight excluding hydrogens is 268 g/mol. The Balaban J connectivity index is 1.82. The maximum atomic E-state index is 11.8. The number of carbonyl (C=O) groups is 1. The zero-order chi connectivity index (χ0) is 15.1. The Morgan fingerprint density at radius 2 is 1.95 bits per heavy atom. The van der Waals surface area contributed by atoms with Gasteiger partial charge in [-0.1, -0.05) is 25.7 Å². The van der Waals surface area contributed by atoms with Crippen molar-refractivity contribution in [3.63, 3.8) is 0 Å². The van der Waals surface area contributed by atoms with Crippen LogP contribution in [0.5, 0.6) is 11.5 Å². The minimum absolute atomic E-state index is 0.133. The second-order valence-electron chi connectivity index (χ2n) is 5.53. The molecule has 1 aromatic rings. The van der Waals surface area contributed by atoms with Gasteiger partial charge in [0.25, 0.3) is 0 Å². The molecule has 116 valence electrons. The van der Waals surface area contributed by atoms with Crippen molar-refractivity contribution in [3.8, 4) is 11.5 Å². The Kier molecular flexibility index (Phi) is 5.90. The first-order valence-electron chi connectivity index (χ1n) is 7.59. The molecule has 2 rings (SSSR count). The molecular formula is C17H24O4. The molecule has 0 atom stereocenters. The Morgan fingerprint density at radius 1 is 1.19 bits per heavy atom. The Morgan fingerprint density at radius 3 is 2.62 bits per heavy atom. The zero-order valence-electron chi connectivity index (χ0n) is 12.9. The Hall–Kier alpha value is -1.71. The van der Waals surface area contributed by atoms with Gasteiger partial charge in [0.05, 0.1) is 14.2 Å². The zero-order valence-corrected chi connectivity index (χ0v) is 12.9. The fourth-order valence-corrected chi connectivity index (χ4v) is 2.85. The first-order chi connectivity index (χ1) is 10.2. The van der Waals surface area contributed by atoms with E-state index in [1.807, 2.05) is 18.2 Å². The van der Waals surface area contributed by atoms with Crippen molar-refractivity contribution in [2.24, 2.45) is 5.92 Å². The molecule has 0 amide bonds. The van der Waals surface area contributed by atoms with Gasteiger partial charge in [0, 0.05) is 12.0 Å². The highest BCUT2D eigenvalue weighted by atomic mass is 16.5. The molecule has 0 radical (unpaired) electrons. The van der Waals surface area contributed by atoms with E-state index in [4.69, 9.17) is 14.2 Å². The largest absolute Gasteiger partial charge is 0.497 e. The second kappa shape index (κ2) is 7.91. The minimum Gasteiger partial charge on any atom is -0.497 e. The molecule has 0 saturated heterocycles. The molecule has 1 aliphatic carbocycles. The summed E-state index contributed by atoms with van der Waals surface area (Å²) in [6.45, 7) is 0.226. The molecule has 0 bridgehead atoms. The number of hydrogen-bond donors (Lipinski definition) is 0. The van der Waals surface area contributed by atoms with Crippen LogP contribution in [-0.4, -0.2) is 20.2 Å². The van der Waals surface area contributed by atoms with Crippen molar-refractivity contribution in [1.82, 2.24) is 0 Å². The van der Waals surface area contributed by atoms with E-state index in [9.17, 15) is 4.79 Å². The number of benzene rings is 1. The summed E-state index contributed by atoms with van der Waals surface area (Å²) in [6.07, 6.45) is 6.60. The van der Waals surface area contributed by atoms with Crippen LogP contribution < -0.4 is 9.47 Å². The molecule has 1 aliphatic rings. The Labute approximate surface area is 126 Å². The van der Waals surface area contributed by atoms with Gasteiger partial charge in [0.15, 0.2) is 0 Å². The molecule has 0 unspecified atom stereocenters. The topological polar surface area (TPSA) is 44.8 Å². The van der Waals surface area contributed by atoms with E-state index in [2.05, 4.69) is 0 Å². The van der Waals surface area contributed by atoms with Gasteiger partial charge >= 0.3 is 5.97 Å². The maximum absolute atomic E-state index is 11.8.